The first kappa shape index (κ1) is 15.0. The molecule has 0 amide bonds. The molecular formula is C14H24N4O2S. The van der Waals surface area contributed by atoms with E-state index >= 15 is 0 Å². The maximum absolute atomic E-state index is 12.7. The van der Waals surface area contributed by atoms with E-state index in [-0.39, 0.29) is 17.3 Å². The fourth-order valence-corrected chi connectivity index (χ4v) is 5.41. The zero-order valence-corrected chi connectivity index (χ0v) is 13.8. The average molecular weight is 312 g/mol. The Kier molecular flexibility index (Phi) is 3.83. The molecule has 1 aromatic heterocycles. The van der Waals surface area contributed by atoms with Crippen LogP contribution in [0.1, 0.15) is 24.8 Å². The van der Waals surface area contributed by atoms with Crippen LogP contribution in [0.4, 0.5) is 0 Å². The number of hydrogen-bond donors (Lipinski definition) is 0. The van der Waals surface area contributed by atoms with Crippen molar-refractivity contribution in [3.63, 3.8) is 0 Å². The van der Waals surface area contributed by atoms with Crippen LogP contribution in [0.5, 0.6) is 0 Å². The van der Waals surface area contributed by atoms with Crippen molar-refractivity contribution in [3.05, 3.63) is 18.0 Å². The SMILES string of the molecule is CN(C)[C@@H]1CCN(S(=O)(=O)C2CC2)[C@H]1Cc1cnn(C)c1. The van der Waals surface area contributed by atoms with Crippen LogP contribution >= 0.6 is 0 Å². The van der Waals surface area contributed by atoms with Crippen molar-refractivity contribution in [2.24, 2.45) is 7.05 Å². The Balaban J connectivity index is 1.85. The predicted octanol–water partition coefficient (Wildman–Crippen LogP) is 0.459. The van der Waals surface area contributed by atoms with Gasteiger partial charge in [0.2, 0.25) is 10.0 Å². The first-order chi connectivity index (χ1) is 9.89. The predicted molar refractivity (Wildman–Crippen MR) is 81.4 cm³/mol. The number of rotatable bonds is 5. The van der Waals surface area contributed by atoms with Crippen molar-refractivity contribution in [2.45, 2.75) is 43.0 Å². The lowest BCUT2D eigenvalue weighted by molar-refractivity contribution is 0.237. The smallest absolute Gasteiger partial charge is 0.217 e. The molecule has 0 N–H and O–H groups in total. The van der Waals surface area contributed by atoms with Gasteiger partial charge in [0.05, 0.1) is 11.4 Å². The van der Waals surface area contributed by atoms with Crippen molar-refractivity contribution in [1.82, 2.24) is 19.0 Å². The van der Waals surface area contributed by atoms with E-state index in [0.717, 1.165) is 31.2 Å². The summed E-state index contributed by atoms with van der Waals surface area (Å²) in [7, 11) is 2.85. The molecule has 3 rings (SSSR count). The van der Waals surface area contributed by atoms with E-state index < -0.39 is 10.0 Å². The average Bonchev–Trinajstić information content (AvgIpc) is 3.07. The van der Waals surface area contributed by atoms with Gasteiger partial charge in [0.25, 0.3) is 0 Å². The summed E-state index contributed by atoms with van der Waals surface area (Å²) in [4.78, 5) is 2.16. The highest BCUT2D eigenvalue weighted by Gasteiger charge is 2.48. The fraction of sp³-hybridized carbons (Fsp3) is 0.786. The van der Waals surface area contributed by atoms with Crippen LogP contribution in [0.15, 0.2) is 12.4 Å². The van der Waals surface area contributed by atoms with Crippen molar-refractivity contribution in [3.8, 4) is 0 Å². The van der Waals surface area contributed by atoms with Gasteiger partial charge in [0.1, 0.15) is 0 Å². The van der Waals surface area contributed by atoms with Gasteiger partial charge in [0.15, 0.2) is 0 Å². The highest BCUT2D eigenvalue weighted by atomic mass is 32.2. The topological polar surface area (TPSA) is 58.4 Å². The number of sulfonamides is 1. The van der Waals surface area contributed by atoms with Gasteiger partial charge < -0.3 is 4.90 Å². The standard InChI is InChI=1S/C14H24N4O2S/c1-16(2)13-6-7-18(21(19,20)12-4-5-12)14(13)8-11-9-15-17(3)10-11/h9-10,12-14H,4-8H2,1-3H3/t13-,14+/m1/s1. The molecule has 2 fully saturated rings. The van der Waals surface area contributed by atoms with Gasteiger partial charge in [-0.3, -0.25) is 4.68 Å². The summed E-state index contributed by atoms with van der Waals surface area (Å²) in [5.74, 6) is 0. The van der Waals surface area contributed by atoms with Crippen molar-refractivity contribution in [2.75, 3.05) is 20.6 Å². The van der Waals surface area contributed by atoms with Gasteiger partial charge in [0, 0.05) is 31.9 Å². The largest absolute Gasteiger partial charge is 0.305 e. The maximum atomic E-state index is 12.7. The van der Waals surface area contributed by atoms with Crippen molar-refractivity contribution in [1.29, 1.82) is 0 Å². The van der Waals surface area contributed by atoms with Crippen LogP contribution in [-0.4, -0.2) is 65.4 Å². The first-order valence-electron chi connectivity index (χ1n) is 7.54. The Bertz CT molecular complexity index is 606. The second-order valence-electron chi connectivity index (χ2n) is 6.47. The molecule has 118 valence electrons. The Labute approximate surface area is 126 Å². The number of likely N-dealkylation sites (N-methyl/N-ethyl adjacent to an activating group) is 1. The molecule has 2 atom stereocenters. The summed E-state index contributed by atoms with van der Waals surface area (Å²) < 4.78 is 28.9. The zero-order valence-electron chi connectivity index (χ0n) is 12.9. The van der Waals surface area contributed by atoms with Crippen LogP contribution in [0.25, 0.3) is 0 Å². The molecule has 6 nitrogen and oxygen atoms in total. The van der Waals surface area contributed by atoms with E-state index in [1.807, 2.05) is 33.5 Å². The van der Waals surface area contributed by atoms with Gasteiger partial charge in [-0.2, -0.15) is 9.40 Å². The van der Waals surface area contributed by atoms with Crippen LogP contribution in [0.2, 0.25) is 0 Å². The molecule has 1 saturated heterocycles. The summed E-state index contributed by atoms with van der Waals surface area (Å²) in [6.45, 7) is 0.645. The minimum atomic E-state index is -3.11. The molecule has 0 spiro atoms. The molecule has 21 heavy (non-hydrogen) atoms. The molecule has 2 aliphatic rings. The maximum Gasteiger partial charge on any atom is 0.217 e. The third kappa shape index (κ3) is 2.86. The number of aryl methyl sites for hydroxylation is 1. The van der Waals surface area contributed by atoms with Gasteiger partial charge in [-0.05, 0) is 45.3 Å². The Morgan fingerprint density at radius 3 is 2.57 bits per heavy atom. The molecule has 0 aromatic carbocycles. The minimum absolute atomic E-state index is 0.0230. The summed E-state index contributed by atoms with van der Waals surface area (Å²) in [6, 6.07) is 0.300. The quantitative estimate of drug-likeness (QED) is 0.792. The first-order valence-corrected chi connectivity index (χ1v) is 9.04. The molecule has 1 aromatic rings. The Morgan fingerprint density at radius 2 is 2.05 bits per heavy atom. The summed E-state index contributed by atoms with van der Waals surface area (Å²) in [5, 5.41) is 4.07. The monoisotopic (exact) mass is 312 g/mol. The van der Waals surface area contributed by atoms with E-state index in [9.17, 15) is 8.42 Å². The van der Waals surface area contributed by atoms with Gasteiger partial charge in [-0.25, -0.2) is 8.42 Å². The van der Waals surface area contributed by atoms with E-state index in [1.54, 1.807) is 8.99 Å². The molecule has 0 bridgehead atoms. The normalized spacial score (nSPS) is 27.6. The highest BCUT2D eigenvalue weighted by molar-refractivity contribution is 7.90. The highest BCUT2D eigenvalue weighted by Crippen LogP contribution is 2.36. The van der Waals surface area contributed by atoms with E-state index in [2.05, 4.69) is 10.00 Å². The second kappa shape index (κ2) is 5.37. The summed E-state index contributed by atoms with van der Waals surface area (Å²) >= 11 is 0. The lowest BCUT2D eigenvalue weighted by Gasteiger charge is -2.30. The second-order valence-corrected chi connectivity index (χ2v) is 8.63. The molecular weight excluding hydrogens is 288 g/mol. The van der Waals surface area contributed by atoms with Crippen molar-refractivity contribution < 1.29 is 8.42 Å². The number of nitrogens with zero attached hydrogens (tertiary/aromatic N) is 4. The number of aromatic nitrogens is 2. The summed E-state index contributed by atoms with van der Waals surface area (Å²) in [5.41, 5.74) is 1.10. The fourth-order valence-electron chi connectivity index (χ4n) is 3.34. The third-order valence-corrected chi connectivity index (χ3v) is 7.02. The molecule has 1 aliphatic carbocycles. The summed E-state index contributed by atoms with van der Waals surface area (Å²) in [6.07, 6.45) is 7.11. The molecule has 7 heteroatoms. The molecule has 0 unspecified atom stereocenters. The molecule has 0 radical (unpaired) electrons. The van der Waals surface area contributed by atoms with Crippen LogP contribution < -0.4 is 0 Å². The van der Waals surface area contributed by atoms with Crippen LogP contribution in [-0.2, 0) is 23.5 Å². The van der Waals surface area contributed by atoms with Crippen LogP contribution in [0.3, 0.4) is 0 Å². The Hall–Kier alpha value is -0.920. The van der Waals surface area contributed by atoms with Gasteiger partial charge in [-0.1, -0.05) is 0 Å². The Morgan fingerprint density at radius 1 is 1.33 bits per heavy atom. The number of hydrogen-bond acceptors (Lipinski definition) is 4. The lowest BCUT2D eigenvalue weighted by Crippen LogP contribution is -2.46. The van der Waals surface area contributed by atoms with Crippen molar-refractivity contribution >= 4 is 10.0 Å². The molecule has 1 aliphatic heterocycles. The molecule has 2 heterocycles. The van der Waals surface area contributed by atoms with E-state index in [4.69, 9.17) is 0 Å². The van der Waals surface area contributed by atoms with Gasteiger partial charge >= 0.3 is 0 Å². The van der Waals surface area contributed by atoms with Crippen LogP contribution in [0, 0.1) is 0 Å². The van der Waals surface area contributed by atoms with E-state index in [0.29, 0.717) is 6.54 Å². The minimum Gasteiger partial charge on any atom is -0.305 e. The lowest BCUT2D eigenvalue weighted by atomic mass is 10.0. The molecule has 1 saturated carbocycles. The zero-order chi connectivity index (χ0) is 15.2. The van der Waals surface area contributed by atoms with E-state index in [1.165, 1.54) is 0 Å². The van der Waals surface area contributed by atoms with Gasteiger partial charge in [-0.15, -0.1) is 0 Å². The third-order valence-electron chi connectivity index (χ3n) is 4.60.